The summed E-state index contributed by atoms with van der Waals surface area (Å²) in [5, 5.41) is 31.6. The minimum atomic E-state index is -1.26. The fourth-order valence-electron chi connectivity index (χ4n) is 7.00. The zero-order valence-electron chi connectivity index (χ0n) is 20.6. The van der Waals surface area contributed by atoms with Crippen LogP contribution in [0.4, 0.5) is 9.59 Å². The van der Waals surface area contributed by atoms with Crippen molar-refractivity contribution in [1.82, 2.24) is 5.32 Å². The Bertz CT molecular complexity index is 832. The maximum absolute atomic E-state index is 13.3. The van der Waals surface area contributed by atoms with Crippen molar-refractivity contribution in [3.8, 4) is 0 Å². The fraction of sp³-hybridized carbons (Fsp3) is 0.800. The quantitative estimate of drug-likeness (QED) is 0.439. The number of amides is 2. The maximum atomic E-state index is 13.3. The number of hydrogen-bond acceptors (Lipinski definition) is 8. The first-order valence-corrected chi connectivity index (χ1v) is 12.1. The smallest absolute Gasteiger partial charge is 0.416 e. The van der Waals surface area contributed by atoms with Crippen LogP contribution in [0.1, 0.15) is 59.8 Å². The summed E-state index contributed by atoms with van der Waals surface area (Å²) in [7, 11) is 0. The molecule has 0 aromatic carbocycles. The van der Waals surface area contributed by atoms with Gasteiger partial charge in [0.25, 0.3) is 0 Å². The van der Waals surface area contributed by atoms with Gasteiger partial charge in [0, 0.05) is 23.2 Å². The molecular formula is C25H39NO8. The van der Waals surface area contributed by atoms with Gasteiger partial charge in [0.05, 0.1) is 12.7 Å². The van der Waals surface area contributed by atoms with Gasteiger partial charge < -0.3 is 24.8 Å². The molecule has 9 nitrogen and oxygen atoms in total. The van der Waals surface area contributed by atoms with Gasteiger partial charge in [-0.15, -0.1) is 6.58 Å². The second kappa shape index (κ2) is 9.59. The lowest BCUT2D eigenvalue weighted by Crippen LogP contribution is -2.63. The molecule has 34 heavy (non-hydrogen) atoms. The summed E-state index contributed by atoms with van der Waals surface area (Å²) < 4.78 is 10.6. The molecule has 9 heteroatoms. The number of rotatable bonds is 5. The molecule has 3 aliphatic carbocycles. The third-order valence-electron chi connectivity index (χ3n) is 9.37. The molecule has 192 valence electrons. The van der Waals surface area contributed by atoms with E-state index in [1.807, 2.05) is 26.1 Å². The Balaban J connectivity index is 1.95. The Kier molecular flexibility index (Phi) is 7.51. The zero-order valence-corrected chi connectivity index (χ0v) is 20.6. The van der Waals surface area contributed by atoms with E-state index in [1.165, 1.54) is 0 Å². The lowest BCUT2D eigenvalue weighted by molar-refractivity contribution is -0.191. The van der Waals surface area contributed by atoms with Crippen molar-refractivity contribution in [3.63, 3.8) is 0 Å². The first-order chi connectivity index (χ1) is 15.9. The number of aliphatic hydroxyl groups is 3. The molecule has 0 aromatic heterocycles. The molecule has 3 rings (SSSR count). The molecule has 3 fully saturated rings. The van der Waals surface area contributed by atoms with E-state index in [1.54, 1.807) is 6.08 Å². The Morgan fingerprint density at radius 3 is 2.56 bits per heavy atom. The minimum Gasteiger partial charge on any atom is -0.446 e. The van der Waals surface area contributed by atoms with Crippen LogP contribution in [0.25, 0.3) is 0 Å². The maximum Gasteiger partial charge on any atom is 0.416 e. The average Bonchev–Trinajstić information content (AvgIpc) is 3.16. The number of imide groups is 1. The first kappa shape index (κ1) is 26.6. The summed E-state index contributed by atoms with van der Waals surface area (Å²) in [5.41, 5.74) is -1.86. The van der Waals surface area contributed by atoms with Crippen LogP contribution >= 0.6 is 0 Å². The van der Waals surface area contributed by atoms with E-state index >= 15 is 0 Å². The van der Waals surface area contributed by atoms with E-state index in [-0.39, 0.29) is 35.4 Å². The lowest BCUT2D eigenvalue weighted by Gasteiger charge is -2.61. The molecule has 0 saturated heterocycles. The van der Waals surface area contributed by atoms with Gasteiger partial charge in [0.2, 0.25) is 0 Å². The van der Waals surface area contributed by atoms with Crippen molar-refractivity contribution in [3.05, 3.63) is 12.7 Å². The highest BCUT2D eigenvalue weighted by atomic mass is 16.6. The Morgan fingerprint density at radius 2 is 1.94 bits per heavy atom. The summed E-state index contributed by atoms with van der Waals surface area (Å²) in [6, 6.07) is 0. The number of hydrogen-bond donors (Lipinski definition) is 4. The molecule has 9 atom stereocenters. The van der Waals surface area contributed by atoms with Crippen molar-refractivity contribution >= 4 is 18.0 Å². The summed E-state index contributed by atoms with van der Waals surface area (Å²) in [4.78, 5) is 38.0. The number of ether oxygens (including phenoxy) is 2. The molecule has 2 unspecified atom stereocenters. The summed E-state index contributed by atoms with van der Waals surface area (Å²) >= 11 is 0. The third kappa shape index (κ3) is 4.27. The predicted octanol–water partition coefficient (Wildman–Crippen LogP) is 2.57. The fourth-order valence-corrected chi connectivity index (χ4v) is 7.00. The van der Waals surface area contributed by atoms with Crippen molar-refractivity contribution in [1.29, 1.82) is 0 Å². The third-order valence-corrected chi connectivity index (χ3v) is 9.37. The van der Waals surface area contributed by atoms with Gasteiger partial charge in [-0.25, -0.2) is 14.9 Å². The van der Waals surface area contributed by atoms with Gasteiger partial charge in [0.1, 0.15) is 24.6 Å². The van der Waals surface area contributed by atoms with Crippen molar-refractivity contribution in [2.24, 2.45) is 34.0 Å². The van der Waals surface area contributed by atoms with Crippen molar-refractivity contribution in [2.45, 2.75) is 78.1 Å². The molecule has 0 heterocycles. The van der Waals surface area contributed by atoms with E-state index in [9.17, 15) is 24.6 Å². The molecular weight excluding hydrogens is 442 g/mol. The summed E-state index contributed by atoms with van der Waals surface area (Å²) in [6.45, 7) is 10.9. The van der Waals surface area contributed by atoms with Crippen LogP contribution in [0.2, 0.25) is 0 Å². The molecule has 0 radical (unpaired) electrons. The second-order valence-electron chi connectivity index (χ2n) is 11.0. The van der Waals surface area contributed by atoms with Crippen LogP contribution in [0.3, 0.4) is 0 Å². The summed E-state index contributed by atoms with van der Waals surface area (Å²) in [6.07, 6.45) is -0.211. The number of nitrogens with one attached hydrogen (secondary N) is 1. The van der Waals surface area contributed by atoms with Gasteiger partial charge in [-0.1, -0.05) is 33.8 Å². The van der Waals surface area contributed by atoms with Crippen LogP contribution in [-0.4, -0.2) is 64.8 Å². The van der Waals surface area contributed by atoms with E-state index in [4.69, 9.17) is 14.6 Å². The Labute approximate surface area is 200 Å². The van der Waals surface area contributed by atoms with Gasteiger partial charge in [-0.2, -0.15) is 0 Å². The van der Waals surface area contributed by atoms with E-state index in [0.717, 1.165) is 12.8 Å². The Morgan fingerprint density at radius 1 is 1.26 bits per heavy atom. The minimum absolute atomic E-state index is 0.0636. The highest BCUT2D eigenvalue weighted by Crippen LogP contribution is 2.67. The molecule has 0 spiro atoms. The normalized spacial score (nSPS) is 42.6. The molecule has 0 aliphatic heterocycles. The number of ketones is 1. The van der Waals surface area contributed by atoms with Gasteiger partial charge in [0.15, 0.2) is 0 Å². The highest BCUT2D eigenvalue weighted by molar-refractivity contribution is 5.88. The zero-order chi connectivity index (χ0) is 25.5. The topological polar surface area (TPSA) is 142 Å². The van der Waals surface area contributed by atoms with Gasteiger partial charge in [-0.05, 0) is 42.9 Å². The predicted molar refractivity (Wildman–Crippen MR) is 123 cm³/mol. The second-order valence-corrected chi connectivity index (χ2v) is 11.0. The number of alkyl carbamates (subject to hydrolysis) is 2. The average molecular weight is 482 g/mol. The molecule has 3 aliphatic rings. The summed E-state index contributed by atoms with van der Waals surface area (Å²) in [5.74, 6) is -0.302. The number of aliphatic hydroxyl groups excluding tert-OH is 3. The van der Waals surface area contributed by atoms with Crippen LogP contribution in [-0.2, 0) is 14.3 Å². The van der Waals surface area contributed by atoms with Crippen molar-refractivity contribution < 1.29 is 39.2 Å². The first-order valence-electron chi connectivity index (χ1n) is 12.1. The molecule has 4 N–H and O–H groups in total. The molecule has 2 amide bonds. The van der Waals surface area contributed by atoms with Crippen LogP contribution in [0, 0.1) is 34.0 Å². The number of carbonyl (C=O) groups is 3. The number of Topliss-reactive ketones (excluding diaryl/α,β-unsaturated/α-hetero) is 1. The lowest BCUT2D eigenvalue weighted by atomic mass is 9.44. The monoisotopic (exact) mass is 481 g/mol. The molecule has 3 saturated carbocycles. The SMILES string of the molecule is C=C[C@]1(C)C[C@@H](OC(=O)NC(=O)OCC(O)CO)[C@@]2(C)C(C)CC[C@]3(CCC(=O)[C@H]32)[C@@H](C)[C@@H]1O. The highest BCUT2D eigenvalue weighted by Gasteiger charge is 2.68. The van der Waals surface area contributed by atoms with Crippen molar-refractivity contribution in [2.75, 3.05) is 13.2 Å². The van der Waals surface area contributed by atoms with Gasteiger partial charge >= 0.3 is 12.2 Å². The van der Waals surface area contributed by atoms with E-state index in [2.05, 4.69) is 13.5 Å². The van der Waals surface area contributed by atoms with Gasteiger partial charge in [-0.3, -0.25) is 4.79 Å². The van der Waals surface area contributed by atoms with Crippen LogP contribution in [0.15, 0.2) is 12.7 Å². The van der Waals surface area contributed by atoms with Crippen LogP contribution in [0.5, 0.6) is 0 Å². The van der Waals surface area contributed by atoms with E-state index in [0.29, 0.717) is 12.8 Å². The van der Waals surface area contributed by atoms with E-state index < -0.39 is 54.5 Å². The largest absolute Gasteiger partial charge is 0.446 e. The number of carbonyl (C=O) groups excluding carboxylic acids is 3. The van der Waals surface area contributed by atoms with Crippen LogP contribution < -0.4 is 5.32 Å². The standard InChI is InChI=1S/C25H39NO8/c1-6-23(4)11-18(34-22(32)26-21(31)33-13-16(28)12-27)24(5)14(2)7-9-25(15(3)20(23)30)10-8-17(29)19(24)25/h6,14-16,18-20,27-28,30H,1,7-13H2,2-5H3,(H,26,31,32)/t14?,15-,16?,18+,19-,20-,23+,24+,25-/m0/s1. The Hall–Kier alpha value is -1.97. The molecule has 2 bridgehead atoms. The molecule has 0 aromatic rings.